The molecular formula is C13H24N2O2. The predicted molar refractivity (Wildman–Crippen MR) is 66.8 cm³/mol. The molecule has 0 radical (unpaired) electrons. The molecular weight excluding hydrogens is 216 g/mol. The number of amides is 1. The Balaban J connectivity index is 2.02. The molecule has 0 bridgehead atoms. The summed E-state index contributed by atoms with van der Waals surface area (Å²) in [7, 11) is 0. The zero-order chi connectivity index (χ0) is 12.5. The summed E-state index contributed by atoms with van der Waals surface area (Å²) >= 11 is 0. The van der Waals surface area contributed by atoms with Gasteiger partial charge in [0.15, 0.2) is 0 Å². The summed E-state index contributed by atoms with van der Waals surface area (Å²) in [5, 5.41) is 6.53. The first-order valence-corrected chi connectivity index (χ1v) is 6.60. The molecule has 1 amide bonds. The van der Waals surface area contributed by atoms with E-state index in [0.717, 1.165) is 39.0 Å². The lowest BCUT2D eigenvalue weighted by Crippen LogP contribution is -2.56. The molecule has 2 saturated heterocycles. The van der Waals surface area contributed by atoms with E-state index in [1.807, 2.05) is 20.8 Å². The Labute approximate surface area is 103 Å². The van der Waals surface area contributed by atoms with Gasteiger partial charge in [0.25, 0.3) is 0 Å². The molecule has 0 aromatic rings. The fraction of sp³-hybridized carbons (Fsp3) is 0.923. The maximum Gasteiger partial charge on any atom is 0.225 e. The minimum Gasteiger partial charge on any atom is -0.373 e. The van der Waals surface area contributed by atoms with E-state index in [-0.39, 0.29) is 23.0 Å². The molecule has 2 N–H and O–H groups in total. The van der Waals surface area contributed by atoms with Crippen molar-refractivity contribution >= 4 is 5.91 Å². The topological polar surface area (TPSA) is 50.4 Å². The lowest BCUT2D eigenvalue weighted by atomic mass is 9.84. The number of carbonyl (C=O) groups excluding carboxylic acids is 1. The van der Waals surface area contributed by atoms with Gasteiger partial charge in [-0.3, -0.25) is 4.79 Å². The normalized spacial score (nSPS) is 28.3. The van der Waals surface area contributed by atoms with Gasteiger partial charge in [-0.15, -0.1) is 0 Å². The molecule has 0 aromatic heterocycles. The second-order valence-electron chi connectivity index (χ2n) is 6.23. The third-order valence-corrected chi connectivity index (χ3v) is 3.87. The molecule has 1 spiro atoms. The van der Waals surface area contributed by atoms with Gasteiger partial charge in [0.2, 0.25) is 5.91 Å². The maximum absolute atomic E-state index is 12.1. The molecule has 0 aromatic carbocycles. The highest BCUT2D eigenvalue weighted by Crippen LogP contribution is 2.34. The Bertz CT molecular complexity index is 290. The molecule has 2 rings (SSSR count). The number of rotatable bonds is 1. The number of piperidine rings is 1. The Morgan fingerprint density at radius 1 is 1.35 bits per heavy atom. The van der Waals surface area contributed by atoms with Crippen molar-refractivity contribution in [2.24, 2.45) is 5.41 Å². The number of carbonyl (C=O) groups is 1. The molecule has 0 saturated carbocycles. The van der Waals surface area contributed by atoms with Gasteiger partial charge in [0, 0.05) is 12.0 Å². The van der Waals surface area contributed by atoms with Crippen LogP contribution in [0.5, 0.6) is 0 Å². The van der Waals surface area contributed by atoms with Gasteiger partial charge in [-0.2, -0.15) is 0 Å². The van der Waals surface area contributed by atoms with Crippen LogP contribution in [0.4, 0.5) is 0 Å². The van der Waals surface area contributed by atoms with Crippen LogP contribution in [0.25, 0.3) is 0 Å². The van der Waals surface area contributed by atoms with Crippen LogP contribution in [-0.2, 0) is 9.53 Å². The van der Waals surface area contributed by atoms with Crippen LogP contribution in [0, 0.1) is 5.41 Å². The lowest BCUT2D eigenvalue weighted by Gasteiger charge is -2.39. The summed E-state index contributed by atoms with van der Waals surface area (Å²) in [4.78, 5) is 12.1. The van der Waals surface area contributed by atoms with Crippen LogP contribution in [0.15, 0.2) is 0 Å². The van der Waals surface area contributed by atoms with Gasteiger partial charge in [-0.05, 0) is 32.4 Å². The Morgan fingerprint density at radius 2 is 2.00 bits per heavy atom. The summed E-state index contributed by atoms with van der Waals surface area (Å²) in [6.45, 7) is 8.60. The molecule has 98 valence electrons. The second kappa shape index (κ2) is 4.58. The third kappa shape index (κ3) is 2.63. The van der Waals surface area contributed by atoms with Crippen LogP contribution in [-0.4, -0.2) is 37.2 Å². The SMILES string of the molecule is CC(C)(C)C(=O)NC1CCOC12CCNCC2. The predicted octanol–water partition coefficient (Wildman–Crippen LogP) is 1.06. The van der Waals surface area contributed by atoms with Gasteiger partial charge in [-0.25, -0.2) is 0 Å². The molecule has 2 fully saturated rings. The highest BCUT2D eigenvalue weighted by molar-refractivity contribution is 5.81. The second-order valence-corrected chi connectivity index (χ2v) is 6.23. The first kappa shape index (κ1) is 12.8. The van der Waals surface area contributed by atoms with Gasteiger partial charge >= 0.3 is 0 Å². The van der Waals surface area contributed by atoms with Crippen LogP contribution in [0.3, 0.4) is 0 Å². The Morgan fingerprint density at radius 3 is 2.59 bits per heavy atom. The van der Waals surface area contributed by atoms with Crippen molar-refractivity contribution in [2.45, 2.75) is 51.7 Å². The molecule has 1 unspecified atom stereocenters. The standard InChI is InChI=1S/C13H24N2O2/c1-12(2,3)11(16)15-10-4-9-17-13(10)5-7-14-8-6-13/h10,14H,4-9H2,1-3H3,(H,15,16). The van der Waals surface area contributed by atoms with E-state index in [2.05, 4.69) is 10.6 Å². The lowest BCUT2D eigenvalue weighted by molar-refractivity contribution is -0.131. The highest BCUT2D eigenvalue weighted by Gasteiger charge is 2.46. The van der Waals surface area contributed by atoms with Crippen molar-refractivity contribution in [1.82, 2.24) is 10.6 Å². The van der Waals surface area contributed by atoms with Gasteiger partial charge in [-0.1, -0.05) is 20.8 Å². The van der Waals surface area contributed by atoms with Crippen LogP contribution < -0.4 is 10.6 Å². The fourth-order valence-electron chi connectivity index (χ4n) is 2.66. The van der Waals surface area contributed by atoms with Crippen molar-refractivity contribution in [3.05, 3.63) is 0 Å². The molecule has 2 heterocycles. The molecule has 0 aliphatic carbocycles. The minimum atomic E-state index is -0.323. The number of hydrogen-bond donors (Lipinski definition) is 2. The van der Waals surface area contributed by atoms with Gasteiger partial charge in [0.05, 0.1) is 11.6 Å². The molecule has 4 heteroatoms. The van der Waals surface area contributed by atoms with Crippen LogP contribution in [0.2, 0.25) is 0 Å². The molecule has 1 atom stereocenters. The average Bonchev–Trinajstić information content (AvgIpc) is 2.61. The Kier molecular flexibility index (Phi) is 3.46. The van der Waals surface area contributed by atoms with E-state index in [4.69, 9.17) is 4.74 Å². The van der Waals surface area contributed by atoms with Crippen molar-refractivity contribution < 1.29 is 9.53 Å². The number of hydrogen-bond acceptors (Lipinski definition) is 3. The molecule has 4 nitrogen and oxygen atoms in total. The number of nitrogens with one attached hydrogen (secondary N) is 2. The van der Waals surface area contributed by atoms with Crippen molar-refractivity contribution in [3.8, 4) is 0 Å². The zero-order valence-electron chi connectivity index (χ0n) is 11.1. The van der Waals surface area contributed by atoms with E-state index >= 15 is 0 Å². The van der Waals surface area contributed by atoms with Gasteiger partial charge in [0.1, 0.15) is 0 Å². The Hall–Kier alpha value is -0.610. The minimum absolute atomic E-state index is 0.105. The third-order valence-electron chi connectivity index (χ3n) is 3.87. The van der Waals surface area contributed by atoms with E-state index < -0.39 is 0 Å². The zero-order valence-corrected chi connectivity index (χ0v) is 11.1. The van der Waals surface area contributed by atoms with E-state index in [1.165, 1.54) is 0 Å². The summed E-state index contributed by atoms with van der Waals surface area (Å²) in [6.07, 6.45) is 2.95. The smallest absolute Gasteiger partial charge is 0.225 e. The van der Waals surface area contributed by atoms with E-state index in [0.29, 0.717) is 0 Å². The summed E-state index contributed by atoms with van der Waals surface area (Å²) in [5.74, 6) is 0.130. The number of ether oxygens (including phenoxy) is 1. The van der Waals surface area contributed by atoms with Crippen molar-refractivity contribution in [1.29, 1.82) is 0 Å². The van der Waals surface area contributed by atoms with Gasteiger partial charge < -0.3 is 15.4 Å². The van der Waals surface area contributed by atoms with Crippen molar-refractivity contribution in [3.63, 3.8) is 0 Å². The summed E-state index contributed by atoms with van der Waals surface area (Å²) < 4.78 is 5.95. The van der Waals surface area contributed by atoms with E-state index in [9.17, 15) is 4.79 Å². The van der Waals surface area contributed by atoms with E-state index in [1.54, 1.807) is 0 Å². The fourth-order valence-corrected chi connectivity index (χ4v) is 2.66. The first-order chi connectivity index (χ1) is 7.94. The summed E-state index contributed by atoms with van der Waals surface area (Å²) in [5.41, 5.74) is -0.428. The molecule has 2 aliphatic heterocycles. The highest BCUT2D eigenvalue weighted by atomic mass is 16.5. The average molecular weight is 240 g/mol. The first-order valence-electron chi connectivity index (χ1n) is 6.60. The van der Waals surface area contributed by atoms with Crippen molar-refractivity contribution in [2.75, 3.05) is 19.7 Å². The van der Waals surface area contributed by atoms with Crippen LogP contribution in [0.1, 0.15) is 40.0 Å². The maximum atomic E-state index is 12.1. The largest absolute Gasteiger partial charge is 0.373 e. The summed E-state index contributed by atoms with van der Waals surface area (Å²) in [6, 6.07) is 0.191. The monoisotopic (exact) mass is 240 g/mol. The van der Waals surface area contributed by atoms with Crippen LogP contribution >= 0.6 is 0 Å². The quantitative estimate of drug-likeness (QED) is 0.720. The molecule has 2 aliphatic rings. The molecule has 17 heavy (non-hydrogen) atoms.